The van der Waals surface area contributed by atoms with Crippen LogP contribution in [0.5, 0.6) is 11.5 Å². The number of likely N-dealkylation sites (tertiary alicyclic amines) is 1. The van der Waals surface area contributed by atoms with E-state index in [2.05, 4.69) is 46.6 Å². The number of amides is 1. The molecule has 1 N–H and O–H groups in total. The van der Waals surface area contributed by atoms with Crippen LogP contribution >= 0.6 is 0 Å². The Labute approximate surface area is 190 Å². The molecule has 3 aliphatic rings. The van der Waals surface area contributed by atoms with E-state index in [1.165, 1.54) is 5.56 Å². The molecule has 3 heterocycles. The third-order valence-electron chi connectivity index (χ3n) is 7.36. The number of rotatable bonds is 3. The minimum absolute atomic E-state index is 0. The summed E-state index contributed by atoms with van der Waals surface area (Å²) in [6, 6.07) is 16.8. The monoisotopic (exact) mass is 441 g/mol. The lowest BCUT2D eigenvalue weighted by Gasteiger charge is -2.42. The average Bonchev–Trinajstić information content (AvgIpc) is 3.23. The fourth-order valence-corrected chi connectivity index (χ4v) is 5.69. The quantitative estimate of drug-likeness (QED) is 0.746. The molecule has 0 aliphatic carbocycles. The number of fused-ring (bicyclic) bond motifs is 2. The van der Waals surface area contributed by atoms with Crippen molar-refractivity contribution in [2.24, 2.45) is 5.92 Å². The van der Waals surface area contributed by atoms with E-state index in [0.29, 0.717) is 18.4 Å². The van der Waals surface area contributed by atoms with Crippen molar-refractivity contribution in [2.45, 2.75) is 30.6 Å². The molecule has 3 aliphatic heterocycles. The second-order valence-corrected chi connectivity index (χ2v) is 8.79. The summed E-state index contributed by atoms with van der Waals surface area (Å²) in [5.41, 5.74) is 2.31. The van der Waals surface area contributed by atoms with E-state index in [4.69, 9.17) is 9.47 Å². The lowest BCUT2D eigenvalue weighted by molar-refractivity contribution is -0.138. The Morgan fingerprint density at radius 3 is 2.65 bits per heavy atom. The summed E-state index contributed by atoms with van der Waals surface area (Å²) in [4.78, 5) is 15.8. The van der Waals surface area contributed by atoms with Gasteiger partial charge in [0.1, 0.15) is 0 Å². The minimum Gasteiger partial charge on any atom is -1.00 e. The van der Waals surface area contributed by atoms with Gasteiger partial charge in [0.25, 0.3) is 0 Å². The van der Waals surface area contributed by atoms with Crippen LogP contribution in [0.25, 0.3) is 0 Å². The molecule has 2 aromatic rings. The van der Waals surface area contributed by atoms with E-state index in [1.807, 2.05) is 12.1 Å². The first-order chi connectivity index (χ1) is 14.7. The molecule has 0 saturated carbocycles. The molecule has 31 heavy (non-hydrogen) atoms. The summed E-state index contributed by atoms with van der Waals surface area (Å²) < 4.78 is 11.5. The maximum atomic E-state index is 13.7. The van der Waals surface area contributed by atoms with Gasteiger partial charge < -0.3 is 32.1 Å². The van der Waals surface area contributed by atoms with E-state index in [9.17, 15) is 4.79 Å². The van der Waals surface area contributed by atoms with Crippen molar-refractivity contribution in [1.82, 2.24) is 10.2 Å². The number of carbonyl (C=O) groups excluding carboxylic acids is 1. The molecule has 6 heteroatoms. The van der Waals surface area contributed by atoms with Gasteiger partial charge in [-0.2, -0.15) is 0 Å². The first kappa shape index (κ1) is 22.0. The van der Waals surface area contributed by atoms with Crippen LogP contribution in [-0.4, -0.2) is 50.7 Å². The molecular weight excluding hydrogens is 412 g/mol. The van der Waals surface area contributed by atoms with Gasteiger partial charge in [0.2, 0.25) is 5.91 Å². The van der Waals surface area contributed by atoms with E-state index < -0.39 is 0 Å². The largest absolute Gasteiger partial charge is 1.00 e. The SMILES string of the molecule is COc1cccc2c1OCC[C@]21CNC[C@H]1C(=O)N1CCC(c2ccccc2)CC1.[Cl-]. The highest BCUT2D eigenvalue weighted by Gasteiger charge is 2.52. The number of hydrogen-bond acceptors (Lipinski definition) is 4. The Morgan fingerprint density at radius 1 is 1.13 bits per heavy atom. The van der Waals surface area contributed by atoms with Crippen LogP contribution in [-0.2, 0) is 10.2 Å². The summed E-state index contributed by atoms with van der Waals surface area (Å²) >= 11 is 0. The first-order valence-corrected chi connectivity index (χ1v) is 11.1. The van der Waals surface area contributed by atoms with Crippen LogP contribution in [0, 0.1) is 5.92 Å². The van der Waals surface area contributed by atoms with Crippen LogP contribution in [0.15, 0.2) is 48.5 Å². The van der Waals surface area contributed by atoms with Gasteiger partial charge in [-0.15, -0.1) is 0 Å². The lowest BCUT2D eigenvalue weighted by atomic mass is 9.68. The molecule has 2 saturated heterocycles. The maximum absolute atomic E-state index is 13.7. The molecule has 0 aromatic heterocycles. The zero-order valence-electron chi connectivity index (χ0n) is 18.0. The van der Waals surface area contributed by atoms with Gasteiger partial charge in [0, 0.05) is 37.2 Å². The zero-order valence-corrected chi connectivity index (χ0v) is 18.7. The van der Waals surface area contributed by atoms with Crippen molar-refractivity contribution in [1.29, 1.82) is 0 Å². The molecule has 2 atom stereocenters. The third kappa shape index (κ3) is 3.79. The molecule has 0 radical (unpaired) electrons. The van der Waals surface area contributed by atoms with Crippen LogP contribution in [0.3, 0.4) is 0 Å². The molecule has 2 aromatic carbocycles. The van der Waals surface area contributed by atoms with Crippen molar-refractivity contribution in [2.75, 3.05) is 39.9 Å². The number of halogens is 1. The third-order valence-corrected chi connectivity index (χ3v) is 7.36. The Balaban J connectivity index is 0.00000231. The number of methoxy groups -OCH3 is 1. The Bertz CT molecular complexity index is 914. The van der Waals surface area contributed by atoms with E-state index in [1.54, 1.807) is 7.11 Å². The molecule has 166 valence electrons. The summed E-state index contributed by atoms with van der Waals surface area (Å²) in [5.74, 6) is 2.37. The Hall–Kier alpha value is -2.24. The van der Waals surface area contributed by atoms with Gasteiger partial charge in [-0.1, -0.05) is 42.5 Å². The molecular formula is C25H30ClN2O3-. The second kappa shape index (κ2) is 9.09. The van der Waals surface area contributed by atoms with Crippen molar-refractivity contribution in [3.63, 3.8) is 0 Å². The topological polar surface area (TPSA) is 50.8 Å². The molecule has 0 unspecified atom stereocenters. The van der Waals surface area contributed by atoms with E-state index >= 15 is 0 Å². The number of para-hydroxylation sites is 1. The molecule has 1 spiro atoms. The number of hydrogen-bond donors (Lipinski definition) is 1. The van der Waals surface area contributed by atoms with Gasteiger partial charge >= 0.3 is 0 Å². The predicted octanol–water partition coefficient (Wildman–Crippen LogP) is 0.345. The van der Waals surface area contributed by atoms with Crippen LogP contribution in [0.4, 0.5) is 0 Å². The molecule has 1 amide bonds. The summed E-state index contributed by atoms with van der Waals surface area (Å²) in [6.07, 6.45) is 2.93. The van der Waals surface area contributed by atoms with Gasteiger partial charge in [-0.05, 0) is 36.8 Å². The summed E-state index contributed by atoms with van der Waals surface area (Å²) in [7, 11) is 1.67. The Morgan fingerprint density at radius 2 is 1.90 bits per heavy atom. The van der Waals surface area contributed by atoms with E-state index in [-0.39, 0.29) is 23.7 Å². The highest BCUT2D eigenvalue weighted by atomic mass is 35.5. The number of piperidine rings is 1. The first-order valence-electron chi connectivity index (χ1n) is 11.1. The van der Waals surface area contributed by atoms with Crippen molar-refractivity contribution in [3.8, 4) is 11.5 Å². The summed E-state index contributed by atoms with van der Waals surface area (Å²) in [5, 5.41) is 3.52. The summed E-state index contributed by atoms with van der Waals surface area (Å²) in [6.45, 7) is 3.84. The van der Waals surface area contributed by atoms with Crippen LogP contribution in [0.1, 0.15) is 36.3 Å². The van der Waals surface area contributed by atoms with Crippen molar-refractivity contribution in [3.05, 3.63) is 59.7 Å². The van der Waals surface area contributed by atoms with Crippen molar-refractivity contribution < 1.29 is 26.7 Å². The number of nitrogens with zero attached hydrogens (tertiary/aromatic N) is 1. The van der Waals surface area contributed by atoms with Crippen LogP contribution in [0.2, 0.25) is 0 Å². The number of ether oxygens (including phenoxy) is 2. The normalized spacial score (nSPS) is 25.5. The molecule has 0 bridgehead atoms. The van der Waals surface area contributed by atoms with Gasteiger partial charge in [0.15, 0.2) is 11.5 Å². The number of nitrogens with one attached hydrogen (secondary N) is 1. The van der Waals surface area contributed by atoms with Crippen LogP contribution < -0.4 is 27.2 Å². The minimum atomic E-state index is -0.213. The fraction of sp³-hybridized carbons (Fsp3) is 0.480. The second-order valence-electron chi connectivity index (χ2n) is 8.79. The van der Waals surface area contributed by atoms with Gasteiger partial charge in [-0.3, -0.25) is 4.79 Å². The smallest absolute Gasteiger partial charge is 0.227 e. The van der Waals surface area contributed by atoms with Gasteiger partial charge in [-0.25, -0.2) is 0 Å². The number of benzene rings is 2. The lowest BCUT2D eigenvalue weighted by Crippen LogP contribution is -3.00. The molecule has 5 rings (SSSR count). The molecule has 2 fully saturated rings. The highest BCUT2D eigenvalue weighted by molar-refractivity contribution is 5.82. The number of carbonyl (C=O) groups is 1. The fourth-order valence-electron chi connectivity index (χ4n) is 5.69. The molecule has 5 nitrogen and oxygen atoms in total. The average molecular weight is 442 g/mol. The van der Waals surface area contributed by atoms with E-state index in [0.717, 1.165) is 62.5 Å². The highest BCUT2D eigenvalue weighted by Crippen LogP contribution is 2.49. The standard InChI is InChI=1S/C25H30N2O3.ClH/c1-29-22-9-5-8-20-23(22)30-15-12-25(20)17-26-16-21(25)24(28)27-13-10-19(11-14-27)18-6-3-2-4-7-18;/h2-9,19,21,26H,10-17H2,1H3;1H/p-1/t21-,25-;/m0./s1. The predicted molar refractivity (Wildman–Crippen MR) is 116 cm³/mol. The Kier molecular flexibility index (Phi) is 6.44. The zero-order chi connectivity index (χ0) is 20.6. The van der Waals surface area contributed by atoms with Gasteiger partial charge in [0.05, 0.1) is 19.6 Å². The van der Waals surface area contributed by atoms with Crippen molar-refractivity contribution >= 4 is 5.91 Å². The maximum Gasteiger partial charge on any atom is 0.227 e.